The molecule has 0 fully saturated rings. The van der Waals surface area contributed by atoms with Gasteiger partial charge >= 0.3 is 0 Å². The number of halogens is 2. The summed E-state index contributed by atoms with van der Waals surface area (Å²) < 4.78 is 1.38. The fourth-order valence-electron chi connectivity index (χ4n) is 1.67. The molecule has 0 aromatic carbocycles. The maximum atomic E-state index is 6.21. The number of nitrogens with one attached hydrogen (secondary N) is 1. The van der Waals surface area contributed by atoms with E-state index in [2.05, 4.69) is 22.2 Å². The van der Waals surface area contributed by atoms with E-state index in [-0.39, 0.29) is 6.04 Å². The van der Waals surface area contributed by atoms with Crippen LogP contribution < -0.4 is 5.32 Å². The zero-order valence-corrected chi connectivity index (χ0v) is 12.2. The van der Waals surface area contributed by atoms with E-state index in [0.717, 1.165) is 24.2 Å². The lowest BCUT2D eigenvalue weighted by Gasteiger charge is -2.17. The molecule has 2 aromatic heterocycles. The summed E-state index contributed by atoms with van der Waals surface area (Å²) in [6, 6.07) is 1.83. The zero-order valence-electron chi connectivity index (χ0n) is 9.86. The standard InChI is InChI=1S/C12H13Cl2N3S/c1-2-3-17-11(9-7-15-4-5-16-9)8-6-10(13)18-12(8)14/h4-7,11,17H,2-3H2,1H3. The summed E-state index contributed by atoms with van der Waals surface area (Å²) in [5.41, 5.74) is 1.81. The Morgan fingerprint density at radius 3 is 2.78 bits per heavy atom. The Balaban J connectivity index is 2.34. The Morgan fingerprint density at radius 1 is 1.39 bits per heavy atom. The average Bonchev–Trinajstić information content (AvgIpc) is 2.70. The minimum Gasteiger partial charge on any atom is -0.305 e. The lowest BCUT2D eigenvalue weighted by Crippen LogP contribution is -2.24. The van der Waals surface area contributed by atoms with Gasteiger partial charge in [-0.05, 0) is 19.0 Å². The smallest absolute Gasteiger partial charge is 0.0996 e. The number of thiophene rings is 1. The van der Waals surface area contributed by atoms with Gasteiger partial charge in [0.1, 0.15) is 0 Å². The van der Waals surface area contributed by atoms with Crippen molar-refractivity contribution in [3.05, 3.63) is 44.6 Å². The number of aromatic nitrogens is 2. The van der Waals surface area contributed by atoms with Gasteiger partial charge in [0.2, 0.25) is 0 Å². The van der Waals surface area contributed by atoms with Crippen molar-refractivity contribution in [3.63, 3.8) is 0 Å². The molecule has 96 valence electrons. The third-order valence-corrected chi connectivity index (χ3v) is 3.99. The normalized spacial score (nSPS) is 12.6. The third kappa shape index (κ3) is 3.20. The molecule has 18 heavy (non-hydrogen) atoms. The first-order valence-electron chi connectivity index (χ1n) is 5.66. The van der Waals surface area contributed by atoms with Crippen LogP contribution in [0.4, 0.5) is 0 Å². The second-order valence-electron chi connectivity index (χ2n) is 3.80. The molecule has 0 saturated carbocycles. The quantitative estimate of drug-likeness (QED) is 0.909. The van der Waals surface area contributed by atoms with Gasteiger partial charge in [0.15, 0.2) is 0 Å². The predicted molar refractivity (Wildman–Crippen MR) is 76.5 cm³/mol. The van der Waals surface area contributed by atoms with Crippen molar-refractivity contribution in [1.29, 1.82) is 0 Å². The lowest BCUT2D eigenvalue weighted by molar-refractivity contribution is 0.586. The van der Waals surface area contributed by atoms with E-state index < -0.39 is 0 Å². The van der Waals surface area contributed by atoms with Crippen molar-refractivity contribution in [3.8, 4) is 0 Å². The molecule has 0 spiro atoms. The van der Waals surface area contributed by atoms with Crippen LogP contribution >= 0.6 is 34.5 Å². The van der Waals surface area contributed by atoms with Crippen LogP contribution in [0, 0.1) is 0 Å². The summed E-state index contributed by atoms with van der Waals surface area (Å²) in [5.74, 6) is 0. The van der Waals surface area contributed by atoms with E-state index in [1.807, 2.05) is 6.07 Å². The molecule has 2 aromatic rings. The van der Waals surface area contributed by atoms with Gasteiger partial charge in [0, 0.05) is 18.0 Å². The van der Waals surface area contributed by atoms with Crippen LogP contribution in [0.2, 0.25) is 8.67 Å². The highest BCUT2D eigenvalue weighted by atomic mass is 35.5. The molecule has 1 unspecified atom stereocenters. The molecule has 1 atom stereocenters. The number of rotatable bonds is 5. The minimum absolute atomic E-state index is 0.0603. The van der Waals surface area contributed by atoms with E-state index in [9.17, 15) is 0 Å². The SMILES string of the molecule is CCCNC(c1cnccn1)c1cc(Cl)sc1Cl. The van der Waals surface area contributed by atoms with Gasteiger partial charge in [-0.15, -0.1) is 11.3 Å². The summed E-state index contributed by atoms with van der Waals surface area (Å²) in [5, 5.41) is 3.42. The second kappa shape index (κ2) is 6.48. The summed E-state index contributed by atoms with van der Waals surface area (Å²) in [6.07, 6.45) is 6.11. The van der Waals surface area contributed by atoms with Crippen molar-refractivity contribution in [2.75, 3.05) is 6.54 Å². The fraction of sp³-hybridized carbons (Fsp3) is 0.333. The third-order valence-electron chi connectivity index (χ3n) is 2.47. The van der Waals surface area contributed by atoms with E-state index in [4.69, 9.17) is 23.2 Å². The molecule has 3 nitrogen and oxygen atoms in total. The summed E-state index contributed by atoms with van der Waals surface area (Å²) in [4.78, 5) is 8.44. The van der Waals surface area contributed by atoms with Crippen molar-refractivity contribution in [2.45, 2.75) is 19.4 Å². The maximum absolute atomic E-state index is 6.21. The van der Waals surface area contributed by atoms with Crippen LogP contribution in [-0.4, -0.2) is 16.5 Å². The summed E-state index contributed by atoms with van der Waals surface area (Å²) in [6.45, 7) is 2.99. The Hall–Kier alpha value is -0.680. The van der Waals surface area contributed by atoms with Gasteiger partial charge < -0.3 is 5.32 Å². The van der Waals surface area contributed by atoms with Gasteiger partial charge in [-0.1, -0.05) is 30.1 Å². The summed E-state index contributed by atoms with van der Waals surface area (Å²) >= 11 is 13.6. The van der Waals surface area contributed by atoms with Gasteiger partial charge in [0.05, 0.1) is 26.6 Å². The molecule has 0 aliphatic rings. The van der Waals surface area contributed by atoms with Crippen molar-refractivity contribution in [1.82, 2.24) is 15.3 Å². The molecule has 1 N–H and O–H groups in total. The predicted octanol–water partition coefficient (Wildman–Crippen LogP) is 3.93. The highest BCUT2D eigenvalue weighted by Gasteiger charge is 2.20. The Morgan fingerprint density at radius 2 is 2.22 bits per heavy atom. The van der Waals surface area contributed by atoms with Gasteiger partial charge in [-0.3, -0.25) is 9.97 Å². The van der Waals surface area contributed by atoms with E-state index in [0.29, 0.717) is 8.67 Å². The maximum Gasteiger partial charge on any atom is 0.0996 e. The average molecular weight is 302 g/mol. The topological polar surface area (TPSA) is 37.8 Å². The first-order chi connectivity index (χ1) is 8.72. The molecule has 0 aliphatic carbocycles. The van der Waals surface area contributed by atoms with Gasteiger partial charge in [-0.25, -0.2) is 0 Å². The Labute approximate surface area is 120 Å². The van der Waals surface area contributed by atoms with Crippen LogP contribution in [0.15, 0.2) is 24.7 Å². The van der Waals surface area contributed by atoms with E-state index >= 15 is 0 Å². The van der Waals surface area contributed by atoms with Crippen LogP contribution in [0.5, 0.6) is 0 Å². The molecule has 2 rings (SSSR count). The first kappa shape index (κ1) is 13.7. The molecular formula is C12H13Cl2N3S. The van der Waals surface area contributed by atoms with Crippen LogP contribution in [0.1, 0.15) is 30.6 Å². The molecule has 0 bridgehead atoms. The molecule has 0 saturated heterocycles. The fourth-order valence-corrected chi connectivity index (χ4v) is 3.20. The van der Waals surface area contributed by atoms with E-state index in [1.165, 1.54) is 11.3 Å². The van der Waals surface area contributed by atoms with Crippen LogP contribution in [0.3, 0.4) is 0 Å². The highest BCUT2D eigenvalue weighted by molar-refractivity contribution is 7.20. The highest BCUT2D eigenvalue weighted by Crippen LogP contribution is 2.36. The Kier molecular flexibility index (Phi) is 4.95. The molecule has 2 heterocycles. The molecule has 0 radical (unpaired) electrons. The zero-order chi connectivity index (χ0) is 13.0. The van der Waals surface area contributed by atoms with Crippen LogP contribution in [-0.2, 0) is 0 Å². The minimum atomic E-state index is -0.0603. The second-order valence-corrected chi connectivity index (χ2v) is 6.08. The van der Waals surface area contributed by atoms with Crippen molar-refractivity contribution >= 4 is 34.5 Å². The van der Waals surface area contributed by atoms with Gasteiger partial charge in [-0.2, -0.15) is 0 Å². The molecule has 6 heteroatoms. The van der Waals surface area contributed by atoms with Crippen molar-refractivity contribution in [2.24, 2.45) is 0 Å². The largest absolute Gasteiger partial charge is 0.305 e. The lowest BCUT2D eigenvalue weighted by atomic mass is 10.1. The van der Waals surface area contributed by atoms with E-state index in [1.54, 1.807) is 18.6 Å². The van der Waals surface area contributed by atoms with Gasteiger partial charge in [0.25, 0.3) is 0 Å². The van der Waals surface area contributed by atoms with Crippen molar-refractivity contribution < 1.29 is 0 Å². The molecule has 0 aliphatic heterocycles. The summed E-state index contributed by atoms with van der Waals surface area (Å²) in [7, 11) is 0. The number of nitrogens with zero attached hydrogens (tertiary/aromatic N) is 2. The Bertz CT molecular complexity index is 501. The van der Waals surface area contributed by atoms with Crippen LogP contribution in [0.25, 0.3) is 0 Å². The molecule has 0 amide bonds. The number of hydrogen-bond acceptors (Lipinski definition) is 4. The monoisotopic (exact) mass is 301 g/mol. The number of hydrogen-bond donors (Lipinski definition) is 1. The molecular weight excluding hydrogens is 289 g/mol. The first-order valence-corrected chi connectivity index (χ1v) is 7.23.